The molecular formula is C29H45N3O6. The fraction of sp³-hybridized carbons (Fsp3) is 0.690. The van der Waals surface area contributed by atoms with E-state index in [-0.39, 0.29) is 36.2 Å². The van der Waals surface area contributed by atoms with Crippen molar-refractivity contribution in [3.05, 3.63) is 35.9 Å². The van der Waals surface area contributed by atoms with Crippen molar-refractivity contribution < 1.29 is 28.6 Å². The van der Waals surface area contributed by atoms with E-state index in [1.54, 1.807) is 0 Å². The monoisotopic (exact) mass is 531 g/mol. The van der Waals surface area contributed by atoms with Gasteiger partial charge in [0.1, 0.15) is 30.9 Å². The number of ether oxygens (including phenoxy) is 3. The molecule has 212 valence electrons. The Morgan fingerprint density at radius 1 is 0.974 bits per heavy atom. The van der Waals surface area contributed by atoms with Gasteiger partial charge in [0.05, 0.1) is 0 Å². The molecule has 0 aromatic heterocycles. The van der Waals surface area contributed by atoms with E-state index < -0.39 is 18.2 Å². The van der Waals surface area contributed by atoms with Crippen molar-refractivity contribution in [2.45, 2.75) is 103 Å². The smallest absolute Gasteiger partial charge is 0.410 e. The number of nitrogens with zero attached hydrogens (tertiary/aromatic N) is 1. The first-order valence-electron chi connectivity index (χ1n) is 14.0. The maximum Gasteiger partial charge on any atom is 0.410 e. The molecule has 1 heterocycles. The second-order valence-corrected chi connectivity index (χ2v) is 11.5. The number of carbonyl (C=O) groups is 3. The van der Waals surface area contributed by atoms with E-state index in [4.69, 9.17) is 19.9 Å². The highest BCUT2D eigenvalue weighted by Crippen LogP contribution is 2.24. The van der Waals surface area contributed by atoms with Crippen LogP contribution in [0.4, 0.5) is 4.79 Å². The highest BCUT2D eigenvalue weighted by molar-refractivity contribution is 5.82. The number of hydrogen-bond donors (Lipinski definition) is 2. The molecule has 3 fully saturated rings. The summed E-state index contributed by atoms with van der Waals surface area (Å²) >= 11 is 0. The second-order valence-electron chi connectivity index (χ2n) is 11.5. The molecule has 1 amide bonds. The van der Waals surface area contributed by atoms with Gasteiger partial charge in [-0.1, -0.05) is 51.1 Å². The van der Waals surface area contributed by atoms with Crippen LogP contribution in [0.5, 0.6) is 0 Å². The molecule has 0 bridgehead atoms. The molecule has 9 heteroatoms. The van der Waals surface area contributed by atoms with Crippen molar-refractivity contribution >= 4 is 18.0 Å². The lowest BCUT2D eigenvalue weighted by Crippen LogP contribution is -2.57. The lowest BCUT2D eigenvalue weighted by atomic mass is 9.87. The normalized spacial score (nSPS) is 21.3. The van der Waals surface area contributed by atoms with Crippen molar-refractivity contribution in [1.82, 2.24) is 10.2 Å². The summed E-state index contributed by atoms with van der Waals surface area (Å²) in [6.45, 7) is 7.56. The van der Waals surface area contributed by atoms with Crippen LogP contribution in [0.1, 0.15) is 77.7 Å². The Morgan fingerprint density at radius 2 is 1.55 bits per heavy atom. The van der Waals surface area contributed by atoms with Crippen molar-refractivity contribution in [2.24, 2.45) is 11.1 Å². The molecule has 1 saturated heterocycles. The Balaban J connectivity index is 0.000000244. The summed E-state index contributed by atoms with van der Waals surface area (Å²) in [4.78, 5) is 37.9. The Hall–Kier alpha value is -2.65. The first-order valence-corrected chi connectivity index (χ1v) is 14.0. The van der Waals surface area contributed by atoms with Gasteiger partial charge < -0.3 is 25.3 Å². The average Bonchev–Trinajstić information content (AvgIpc) is 3.62. The van der Waals surface area contributed by atoms with Gasteiger partial charge in [0, 0.05) is 19.6 Å². The first-order chi connectivity index (χ1) is 18.1. The molecule has 0 spiro atoms. The number of nitrogens with two attached hydrogens (primary N) is 1. The van der Waals surface area contributed by atoms with Gasteiger partial charge in [0.2, 0.25) is 0 Å². The zero-order valence-corrected chi connectivity index (χ0v) is 23.2. The first kappa shape index (κ1) is 29.9. The zero-order valence-electron chi connectivity index (χ0n) is 23.2. The van der Waals surface area contributed by atoms with Crippen LogP contribution >= 0.6 is 0 Å². The fourth-order valence-electron chi connectivity index (χ4n) is 4.78. The third-order valence-corrected chi connectivity index (χ3v) is 7.31. The molecule has 1 aromatic carbocycles. The largest absolute Gasteiger partial charge is 0.461 e. The maximum absolute atomic E-state index is 12.4. The van der Waals surface area contributed by atoms with Gasteiger partial charge in [0.25, 0.3) is 0 Å². The van der Waals surface area contributed by atoms with Crippen molar-refractivity contribution in [3.8, 4) is 0 Å². The molecule has 4 rings (SSSR count). The van der Waals surface area contributed by atoms with Crippen LogP contribution in [0.15, 0.2) is 30.3 Å². The number of hydrogen-bond acceptors (Lipinski definition) is 8. The molecule has 0 radical (unpaired) electrons. The van der Waals surface area contributed by atoms with Crippen LogP contribution in [0.3, 0.4) is 0 Å². The van der Waals surface area contributed by atoms with Crippen molar-refractivity contribution in [1.29, 1.82) is 0 Å². The SMILES string of the molecule is CC(C)(C)[C@H](N)C(=O)OC1CCCC1.O=C(OC1CCCC1)C1CNCCN1C(=O)OCc1ccccc1. The van der Waals surface area contributed by atoms with Gasteiger partial charge in [0.15, 0.2) is 0 Å². The number of rotatable bonds is 6. The number of esters is 2. The summed E-state index contributed by atoms with van der Waals surface area (Å²) in [5, 5.41) is 3.15. The Bertz CT molecular complexity index is 891. The third kappa shape index (κ3) is 9.27. The summed E-state index contributed by atoms with van der Waals surface area (Å²) < 4.78 is 16.3. The van der Waals surface area contributed by atoms with Crippen LogP contribution in [0.2, 0.25) is 0 Å². The summed E-state index contributed by atoms with van der Waals surface area (Å²) in [5.41, 5.74) is 6.51. The van der Waals surface area contributed by atoms with Gasteiger partial charge in [-0.2, -0.15) is 0 Å². The molecule has 3 N–H and O–H groups in total. The summed E-state index contributed by atoms with van der Waals surface area (Å²) in [5.74, 6) is -0.574. The van der Waals surface area contributed by atoms with Gasteiger partial charge in [-0.3, -0.25) is 9.69 Å². The maximum atomic E-state index is 12.4. The lowest BCUT2D eigenvalue weighted by Gasteiger charge is -2.34. The molecule has 2 saturated carbocycles. The molecular weight excluding hydrogens is 486 g/mol. The Labute approximate surface area is 226 Å². The standard InChI is InChI=1S/C18H24N2O4.C11H21NO2/c21-17(24-15-8-4-5-9-15)16-12-19-10-11-20(16)18(22)23-13-14-6-2-1-3-7-14;1-11(2,3)9(12)10(13)14-8-6-4-5-7-8/h1-3,6-7,15-16,19H,4-5,8-13H2;8-9H,4-7,12H2,1-3H3/t;9-/m.1/s1. The zero-order chi connectivity index (χ0) is 27.5. The van der Waals surface area contributed by atoms with Gasteiger partial charge >= 0.3 is 18.0 Å². The second kappa shape index (κ2) is 14.5. The summed E-state index contributed by atoms with van der Waals surface area (Å²) in [6.07, 6.45) is 8.05. The third-order valence-electron chi connectivity index (χ3n) is 7.31. The van der Waals surface area contributed by atoms with E-state index in [0.717, 1.165) is 44.1 Å². The summed E-state index contributed by atoms with van der Waals surface area (Å²) in [7, 11) is 0. The summed E-state index contributed by atoms with van der Waals surface area (Å²) in [6, 6.07) is 8.39. The molecule has 9 nitrogen and oxygen atoms in total. The molecule has 1 unspecified atom stereocenters. The van der Waals surface area contributed by atoms with Crippen LogP contribution in [0, 0.1) is 5.41 Å². The molecule has 2 aliphatic carbocycles. The minimum atomic E-state index is -0.609. The van der Waals surface area contributed by atoms with E-state index in [0.29, 0.717) is 19.6 Å². The Morgan fingerprint density at radius 3 is 2.13 bits per heavy atom. The van der Waals surface area contributed by atoms with Crippen molar-refractivity contribution in [3.63, 3.8) is 0 Å². The molecule has 3 aliphatic rings. The minimum Gasteiger partial charge on any atom is -0.461 e. The average molecular weight is 532 g/mol. The molecule has 1 aliphatic heterocycles. The number of nitrogens with one attached hydrogen (secondary N) is 1. The minimum absolute atomic E-state index is 0.00150. The van der Waals surface area contributed by atoms with Crippen molar-refractivity contribution in [2.75, 3.05) is 19.6 Å². The molecule has 1 aromatic rings. The number of amides is 1. The highest BCUT2D eigenvalue weighted by atomic mass is 16.6. The van der Waals surface area contributed by atoms with E-state index in [1.807, 2.05) is 51.1 Å². The predicted octanol–water partition coefficient (Wildman–Crippen LogP) is 3.93. The van der Waals surface area contributed by atoms with E-state index in [1.165, 1.54) is 17.7 Å². The number of benzene rings is 1. The lowest BCUT2D eigenvalue weighted by molar-refractivity contribution is -0.155. The van der Waals surface area contributed by atoms with Gasteiger partial charge in [-0.15, -0.1) is 0 Å². The van der Waals surface area contributed by atoms with E-state index in [2.05, 4.69) is 5.32 Å². The van der Waals surface area contributed by atoms with Gasteiger partial charge in [-0.25, -0.2) is 9.59 Å². The van der Waals surface area contributed by atoms with Crippen LogP contribution in [-0.4, -0.2) is 66.9 Å². The molecule has 38 heavy (non-hydrogen) atoms. The van der Waals surface area contributed by atoms with Crippen LogP contribution < -0.4 is 11.1 Å². The number of carbonyl (C=O) groups excluding carboxylic acids is 3. The fourth-order valence-corrected chi connectivity index (χ4v) is 4.78. The van der Waals surface area contributed by atoms with Gasteiger partial charge in [-0.05, 0) is 62.3 Å². The van der Waals surface area contributed by atoms with E-state index >= 15 is 0 Å². The molecule has 2 atom stereocenters. The van der Waals surface area contributed by atoms with Crippen LogP contribution in [-0.2, 0) is 30.4 Å². The quantitative estimate of drug-likeness (QED) is 0.419. The number of piperazine rings is 1. The predicted molar refractivity (Wildman–Crippen MR) is 144 cm³/mol. The Kier molecular flexibility index (Phi) is 11.4. The highest BCUT2D eigenvalue weighted by Gasteiger charge is 2.36. The topological polar surface area (TPSA) is 120 Å². The van der Waals surface area contributed by atoms with Crippen LogP contribution in [0.25, 0.3) is 0 Å². The van der Waals surface area contributed by atoms with E-state index in [9.17, 15) is 14.4 Å².